The van der Waals surface area contributed by atoms with Crippen LogP contribution in [0.4, 0.5) is 16.4 Å². The van der Waals surface area contributed by atoms with E-state index in [1.54, 1.807) is 153 Å². The lowest BCUT2D eigenvalue weighted by Crippen LogP contribution is -2.58. The number of amides is 2. The second-order valence-electron chi connectivity index (χ2n) is 14.4. The number of nitrogens with zero attached hydrogens (tertiary/aromatic N) is 6. The van der Waals surface area contributed by atoms with Crippen LogP contribution < -0.4 is 15.1 Å². The number of rotatable bonds is 2. The van der Waals surface area contributed by atoms with Crippen LogP contribution >= 0.6 is 12.4 Å². The van der Waals surface area contributed by atoms with Gasteiger partial charge in [0.15, 0.2) is 0 Å². The number of hydrogen-bond donors (Lipinski definition) is 1. The average Bonchev–Trinajstić information content (AvgIpc) is 3.78. The summed E-state index contributed by atoms with van der Waals surface area (Å²) in [5.41, 5.74) is 5.22. The molecule has 0 saturated carbocycles. The highest BCUT2D eigenvalue weighted by atomic mass is 35.5. The predicted molar refractivity (Wildman–Crippen MR) is 353 cm³/mol. The molecular formula is C32H44ClN7OS24Si. The molecule has 2 aromatic heterocycles. The molecule has 6 heterocycles. The number of pyridine rings is 2. The summed E-state index contributed by atoms with van der Waals surface area (Å²) in [6.45, 7) is 10.7. The van der Waals surface area contributed by atoms with Crippen LogP contribution in [-0.4, -0.2) is 98.3 Å². The highest BCUT2D eigenvalue weighted by molar-refractivity contribution is 8.79. The quantitative estimate of drug-likeness (QED) is 0.358. The Kier molecular flexibility index (Phi) is 34.8. The van der Waals surface area contributed by atoms with Crippen LogP contribution in [0.3, 0.4) is 0 Å². The van der Waals surface area contributed by atoms with E-state index in [1.807, 2.05) is 72.8 Å². The number of fused-ring (bicyclic) bond motifs is 4. The normalized spacial score (nSPS) is 18.0. The molecule has 4 saturated heterocycles. The smallest absolute Gasteiger partial charge is 0.320 e. The minimum atomic E-state index is -1.30. The van der Waals surface area contributed by atoms with E-state index in [2.05, 4.69) is 74.2 Å². The Hall–Kier alpha value is 2.04. The van der Waals surface area contributed by atoms with Crippen LogP contribution in [0.5, 0.6) is 0 Å². The number of hydrogen-bond acceptors (Lipinski definition) is 8. The van der Waals surface area contributed by atoms with Crippen molar-refractivity contribution in [3.63, 3.8) is 0 Å². The Bertz CT molecular complexity index is 3010. The van der Waals surface area contributed by atoms with Gasteiger partial charge in [-0.3, -0.25) is 0 Å². The maximum atomic E-state index is 12.3. The Balaban J connectivity index is 0.000000261. The fourth-order valence-electron chi connectivity index (χ4n) is 6.41. The van der Waals surface area contributed by atoms with Crippen molar-refractivity contribution in [1.82, 2.24) is 25.1 Å². The van der Waals surface area contributed by atoms with Crippen LogP contribution in [0, 0.1) is 23.8 Å². The van der Waals surface area contributed by atoms with Gasteiger partial charge in [0.2, 0.25) is 0 Å². The van der Waals surface area contributed by atoms with Crippen molar-refractivity contribution in [3.05, 3.63) is 47.8 Å². The van der Waals surface area contributed by atoms with Crippen LogP contribution in [-0.2, 0) is 218 Å². The molecule has 4 fully saturated rings. The second-order valence-corrected chi connectivity index (χ2v) is 58.0. The third kappa shape index (κ3) is 25.3. The van der Waals surface area contributed by atoms with Crippen molar-refractivity contribution in [2.45, 2.75) is 69.5 Å². The third-order valence-corrected chi connectivity index (χ3v) is 56.3. The van der Waals surface area contributed by atoms with Gasteiger partial charge in [0.1, 0.15) is 19.7 Å². The molecule has 66 heavy (non-hydrogen) atoms. The monoisotopic (exact) mass is 1370 g/mol. The number of piperazine rings is 2. The zero-order valence-corrected chi connectivity index (χ0v) is 56.7. The Morgan fingerprint density at radius 2 is 1.02 bits per heavy atom. The van der Waals surface area contributed by atoms with Crippen molar-refractivity contribution in [1.29, 1.82) is 0 Å². The Morgan fingerprint density at radius 1 is 0.636 bits per heavy atom. The van der Waals surface area contributed by atoms with Gasteiger partial charge in [-0.1, -0.05) is 31.5 Å². The summed E-state index contributed by atoms with van der Waals surface area (Å²) in [6, 6.07) is 10.1. The van der Waals surface area contributed by atoms with Crippen LogP contribution in [0.2, 0.25) is 19.6 Å². The van der Waals surface area contributed by atoms with E-state index in [0.717, 1.165) is 61.8 Å². The standard InChI is InChI=1S/C16H20N4O.C16H23N3Si.ClH.S24/c1-4-12-5-8-15(17-9-12)19-10-13-6-7-14(11-19)20(13)16(21)18(2)3;1-20(2,3)9-8-13-4-7-16(17-10-13)19-11-14-5-6-15(12-19)18-14;;1-3-5-7-9-11-13-15-17-19-21-23-24-22-20-18-16-14-12-10-8-6-4-2/h1,5,8-9,13-14H,6-7,10-11H2,2-3H3;4,7,10,14-15,18H,5-6,11-12H2,1-3H3;1H;. The topological polar surface area (TPSA) is 67.8 Å². The highest BCUT2D eigenvalue weighted by Gasteiger charge is 2.43. The molecule has 8 nitrogen and oxygen atoms in total. The lowest BCUT2D eigenvalue weighted by atomic mass is 10.2. The van der Waals surface area contributed by atoms with Crippen molar-refractivity contribution >= 4 is 256 Å². The molecule has 6 rings (SSSR count). The van der Waals surface area contributed by atoms with Gasteiger partial charge >= 0.3 is 6.03 Å². The van der Waals surface area contributed by atoms with Crippen molar-refractivity contribution in [3.8, 4) is 23.8 Å². The molecule has 0 aromatic carbocycles. The van der Waals surface area contributed by atoms with Crippen molar-refractivity contribution < 1.29 is 4.79 Å². The van der Waals surface area contributed by atoms with Crippen LogP contribution in [0.15, 0.2) is 36.7 Å². The van der Waals surface area contributed by atoms with E-state index < -0.39 is 8.07 Å². The van der Waals surface area contributed by atoms with Gasteiger partial charge < -0.3 is 24.9 Å². The number of carbonyl (C=O) groups excluding carboxylic acids is 1. The number of halogens is 1. The fourth-order valence-corrected chi connectivity index (χ4v) is 61.8. The van der Waals surface area contributed by atoms with Gasteiger partial charge in [-0.2, -0.15) is 0 Å². The minimum Gasteiger partial charge on any atom is -0.353 e. The first-order chi connectivity index (χ1) is 31.5. The molecule has 0 aliphatic carbocycles. The number of terminal acetylenes is 1. The molecule has 1 N–H and O–H groups in total. The van der Waals surface area contributed by atoms with Gasteiger partial charge in [-0.05, 0) is 49.9 Å². The van der Waals surface area contributed by atoms with Gasteiger partial charge in [0, 0.05) is 294 Å². The van der Waals surface area contributed by atoms with E-state index in [-0.39, 0.29) is 30.5 Å². The molecule has 368 valence electrons. The SMILES string of the molecule is C#Cc1ccc(N2CC3CCC(C2)N3C(=O)N(C)C)nc1.C[Si](C)(C)C#Cc1ccc(N2CC3CCC(C2)N3)nc1.Cl.S=S=S=S=S=S=S=S=S=S=S=S=S=S=S=S=S=S=S=S=S=S=S=S. The van der Waals surface area contributed by atoms with Gasteiger partial charge in [-0.15, -0.1) is 24.4 Å². The molecule has 34 heteroatoms. The molecule has 0 spiro atoms. The lowest BCUT2D eigenvalue weighted by Gasteiger charge is -2.42. The number of urea groups is 1. The number of nitrogens with one attached hydrogen (secondary N) is 1. The van der Waals surface area contributed by atoms with E-state index in [0.29, 0.717) is 12.1 Å². The molecule has 4 aliphatic heterocycles. The average molecular weight is 1380 g/mol. The largest absolute Gasteiger partial charge is 0.353 e. The minimum absolute atomic E-state index is 0. The van der Waals surface area contributed by atoms with Crippen molar-refractivity contribution in [2.75, 3.05) is 50.1 Å². The number of carbonyl (C=O) groups is 1. The zero-order valence-electron chi connectivity index (χ0n) is 35.3. The molecule has 4 bridgehead atoms. The molecule has 4 atom stereocenters. The summed E-state index contributed by atoms with van der Waals surface area (Å²) in [5.74, 6) is 7.89. The summed E-state index contributed by atoms with van der Waals surface area (Å²) < 4.78 is 0. The summed E-state index contributed by atoms with van der Waals surface area (Å²) in [7, 11) is 40.4. The number of aromatic nitrogens is 2. The van der Waals surface area contributed by atoms with Gasteiger partial charge in [-0.25, -0.2) is 14.8 Å². The molecule has 2 amide bonds. The molecule has 4 aliphatic rings. The van der Waals surface area contributed by atoms with Crippen LogP contribution in [0.1, 0.15) is 36.8 Å². The third-order valence-electron chi connectivity index (χ3n) is 8.78. The predicted octanol–water partition coefficient (Wildman–Crippen LogP) is 4.01. The van der Waals surface area contributed by atoms with Crippen LogP contribution in [0.25, 0.3) is 0 Å². The summed E-state index contributed by atoms with van der Waals surface area (Å²) in [6.07, 6.45) is 13.8. The maximum Gasteiger partial charge on any atom is 0.320 e. The first-order valence-electron chi connectivity index (χ1n) is 18.6. The molecule has 4 unspecified atom stereocenters. The zero-order chi connectivity index (χ0) is 46.7. The second kappa shape index (κ2) is 36.9. The summed E-state index contributed by atoms with van der Waals surface area (Å²) in [4.78, 5) is 29.7. The Morgan fingerprint density at radius 3 is 1.35 bits per heavy atom. The van der Waals surface area contributed by atoms with E-state index >= 15 is 0 Å². The summed E-state index contributed by atoms with van der Waals surface area (Å²) >= 11 is 9.54. The van der Waals surface area contributed by atoms with E-state index in [9.17, 15) is 4.79 Å². The molecular weight excluding hydrogens is 1330 g/mol. The first kappa shape index (κ1) is 62.3. The number of anilines is 2. The first-order valence-corrected chi connectivity index (χ1v) is 52.8. The maximum absolute atomic E-state index is 12.3. The summed E-state index contributed by atoms with van der Waals surface area (Å²) in [5, 5.41) is 3.65. The molecule has 2 aromatic rings. The van der Waals surface area contributed by atoms with Gasteiger partial charge in [0.05, 0.1) is 12.1 Å². The van der Waals surface area contributed by atoms with E-state index in [1.165, 1.54) is 30.6 Å². The fraction of sp³-hybridized carbons (Fsp3) is 0.531. The van der Waals surface area contributed by atoms with Gasteiger partial charge in [0.25, 0.3) is 0 Å². The van der Waals surface area contributed by atoms with Crippen molar-refractivity contribution in [2.24, 2.45) is 0 Å². The Labute approximate surface area is 469 Å². The lowest BCUT2D eigenvalue weighted by molar-refractivity contribution is 0.138. The van der Waals surface area contributed by atoms with E-state index in [4.69, 9.17) is 28.8 Å². The molecule has 0 radical (unpaired) electrons. The highest BCUT2D eigenvalue weighted by Crippen LogP contribution is 2.32.